The largest absolute Gasteiger partial charge is 0.315 e. The molecule has 0 saturated carbocycles. The third kappa shape index (κ3) is 3.29. The van der Waals surface area contributed by atoms with Crippen LogP contribution in [-0.2, 0) is 21.2 Å². The van der Waals surface area contributed by atoms with Gasteiger partial charge in [0.15, 0.2) is 5.13 Å². The Morgan fingerprint density at radius 3 is 2.68 bits per heavy atom. The molecular formula is C20H19N3O3S2. The lowest BCUT2D eigenvalue weighted by molar-refractivity contribution is -0.117. The number of anilines is 2. The number of carbonyl (C=O) groups excluding carboxylic acids is 1. The highest BCUT2D eigenvalue weighted by Crippen LogP contribution is 2.32. The molecule has 2 aromatic carbocycles. The summed E-state index contributed by atoms with van der Waals surface area (Å²) in [4.78, 5) is 17.9. The second-order valence-electron chi connectivity index (χ2n) is 6.88. The van der Waals surface area contributed by atoms with E-state index in [1.54, 1.807) is 19.2 Å². The van der Waals surface area contributed by atoms with Crippen molar-refractivity contribution in [1.29, 1.82) is 0 Å². The number of nitrogens with one attached hydrogen (secondary N) is 1. The van der Waals surface area contributed by atoms with E-state index in [0.717, 1.165) is 28.1 Å². The Balaban J connectivity index is 1.60. The predicted molar refractivity (Wildman–Crippen MR) is 111 cm³/mol. The lowest BCUT2D eigenvalue weighted by Gasteiger charge is -2.11. The molecule has 0 radical (unpaired) electrons. The fraction of sp³-hybridized carbons (Fsp3) is 0.200. The quantitative estimate of drug-likeness (QED) is 0.707. The monoisotopic (exact) mass is 413 g/mol. The van der Waals surface area contributed by atoms with Gasteiger partial charge in [-0.05, 0) is 43.2 Å². The van der Waals surface area contributed by atoms with E-state index in [1.165, 1.54) is 22.3 Å². The van der Waals surface area contributed by atoms with Crippen LogP contribution >= 0.6 is 11.3 Å². The molecule has 3 aromatic rings. The van der Waals surface area contributed by atoms with E-state index in [-0.39, 0.29) is 17.2 Å². The number of likely N-dealkylation sites (N-methyl/N-ethyl adjacent to an activating group) is 1. The first kappa shape index (κ1) is 18.6. The van der Waals surface area contributed by atoms with Gasteiger partial charge in [-0.25, -0.2) is 13.4 Å². The fourth-order valence-corrected chi connectivity index (χ4v) is 5.35. The summed E-state index contributed by atoms with van der Waals surface area (Å²) < 4.78 is 28.1. The van der Waals surface area contributed by atoms with E-state index in [0.29, 0.717) is 10.7 Å². The van der Waals surface area contributed by atoms with E-state index < -0.39 is 10.0 Å². The third-order valence-electron chi connectivity index (χ3n) is 4.82. The zero-order chi connectivity index (χ0) is 20.1. The second kappa shape index (κ2) is 6.72. The number of sulfonamides is 1. The summed E-state index contributed by atoms with van der Waals surface area (Å²) in [6.45, 7) is 4.04. The minimum atomic E-state index is -3.79. The van der Waals surface area contributed by atoms with Crippen molar-refractivity contribution in [2.75, 3.05) is 16.7 Å². The van der Waals surface area contributed by atoms with Crippen LogP contribution in [0.4, 0.5) is 10.8 Å². The number of nitrogens with zero attached hydrogens (tertiary/aromatic N) is 2. The molecule has 0 fully saturated rings. The molecule has 0 unspecified atom stereocenters. The highest BCUT2D eigenvalue weighted by molar-refractivity contribution is 7.93. The molecule has 1 amide bonds. The molecule has 2 heterocycles. The third-order valence-corrected chi connectivity index (χ3v) is 7.05. The highest BCUT2D eigenvalue weighted by Gasteiger charge is 2.26. The smallest absolute Gasteiger partial charge is 0.263 e. The Kier molecular flexibility index (Phi) is 4.47. The highest BCUT2D eigenvalue weighted by atomic mass is 32.2. The van der Waals surface area contributed by atoms with Crippen LogP contribution in [0, 0.1) is 13.8 Å². The number of rotatable bonds is 4. The summed E-state index contributed by atoms with van der Waals surface area (Å²) in [5.41, 5.74) is 5.43. The lowest BCUT2D eigenvalue weighted by Crippen LogP contribution is -2.20. The molecule has 1 aliphatic heterocycles. The Hall–Kier alpha value is -2.71. The molecule has 6 nitrogen and oxygen atoms in total. The van der Waals surface area contributed by atoms with Crippen molar-refractivity contribution in [2.24, 2.45) is 0 Å². The van der Waals surface area contributed by atoms with Crippen LogP contribution in [0.3, 0.4) is 0 Å². The average Bonchev–Trinajstić information content (AvgIpc) is 3.19. The Bertz CT molecular complexity index is 1200. The number of carbonyl (C=O) groups is 1. The summed E-state index contributed by atoms with van der Waals surface area (Å²) >= 11 is 1.24. The maximum absolute atomic E-state index is 12.8. The number of amides is 1. The van der Waals surface area contributed by atoms with Crippen LogP contribution in [0.25, 0.3) is 11.3 Å². The molecule has 0 aliphatic carbocycles. The van der Waals surface area contributed by atoms with Crippen molar-refractivity contribution in [3.8, 4) is 11.3 Å². The summed E-state index contributed by atoms with van der Waals surface area (Å²) in [7, 11) is -2.10. The second-order valence-corrected chi connectivity index (χ2v) is 9.42. The molecular weight excluding hydrogens is 394 g/mol. The molecule has 0 spiro atoms. The summed E-state index contributed by atoms with van der Waals surface area (Å²) in [6, 6.07) is 10.8. The van der Waals surface area contributed by atoms with Crippen molar-refractivity contribution in [2.45, 2.75) is 25.2 Å². The Morgan fingerprint density at radius 2 is 1.93 bits per heavy atom. The first-order valence-corrected chi connectivity index (χ1v) is 11.1. The van der Waals surface area contributed by atoms with Crippen LogP contribution in [-0.4, -0.2) is 26.4 Å². The molecule has 1 aromatic heterocycles. The van der Waals surface area contributed by atoms with Crippen molar-refractivity contribution >= 4 is 38.1 Å². The van der Waals surface area contributed by atoms with E-state index in [4.69, 9.17) is 0 Å². The van der Waals surface area contributed by atoms with Crippen LogP contribution in [0.5, 0.6) is 0 Å². The van der Waals surface area contributed by atoms with Crippen LogP contribution in [0.15, 0.2) is 46.7 Å². The van der Waals surface area contributed by atoms with Gasteiger partial charge in [0.25, 0.3) is 10.0 Å². The Morgan fingerprint density at radius 1 is 1.14 bits per heavy atom. The van der Waals surface area contributed by atoms with Gasteiger partial charge >= 0.3 is 0 Å². The van der Waals surface area contributed by atoms with E-state index in [9.17, 15) is 13.2 Å². The number of benzene rings is 2. The fourth-order valence-electron chi connectivity index (χ4n) is 3.33. The minimum Gasteiger partial charge on any atom is -0.315 e. The van der Waals surface area contributed by atoms with Gasteiger partial charge in [-0.3, -0.25) is 9.52 Å². The van der Waals surface area contributed by atoms with Crippen molar-refractivity contribution < 1.29 is 13.2 Å². The number of aryl methyl sites for hydroxylation is 2. The average molecular weight is 414 g/mol. The van der Waals surface area contributed by atoms with Crippen LogP contribution < -0.4 is 9.62 Å². The molecule has 0 bridgehead atoms. The van der Waals surface area contributed by atoms with Gasteiger partial charge in [0.05, 0.1) is 17.0 Å². The first-order chi connectivity index (χ1) is 13.2. The minimum absolute atomic E-state index is 0.0458. The molecule has 8 heteroatoms. The normalized spacial score (nSPS) is 13.7. The lowest BCUT2D eigenvalue weighted by atomic mass is 10.0. The topological polar surface area (TPSA) is 79.4 Å². The first-order valence-electron chi connectivity index (χ1n) is 8.70. The maximum atomic E-state index is 12.8. The van der Waals surface area contributed by atoms with E-state index >= 15 is 0 Å². The maximum Gasteiger partial charge on any atom is 0.263 e. The van der Waals surface area contributed by atoms with Gasteiger partial charge in [-0.1, -0.05) is 23.8 Å². The molecule has 0 saturated heterocycles. The van der Waals surface area contributed by atoms with Crippen LogP contribution in [0.2, 0.25) is 0 Å². The zero-order valence-corrected chi connectivity index (χ0v) is 17.3. The Labute approximate surface area is 167 Å². The van der Waals surface area contributed by atoms with Gasteiger partial charge in [-0.15, -0.1) is 11.3 Å². The zero-order valence-electron chi connectivity index (χ0n) is 15.7. The number of fused-ring (bicyclic) bond motifs is 1. The van der Waals surface area contributed by atoms with Crippen molar-refractivity contribution in [1.82, 2.24) is 4.98 Å². The number of thiazole rings is 1. The van der Waals surface area contributed by atoms with Crippen molar-refractivity contribution in [3.63, 3.8) is 0 Å². The van der Waals surface area contributed by atoms with Gasteiger partial charge in [-0.2, -0.15) is 0 Å². The summed E-state index contributed by atoms with van der Waals surface area (Å²) in [5.74, 6) is -0.0458. The molecule has 144 valence electrons. The standard InChI is InChI=1S/C20H19N3O3S2/c1-12-4-6-16(13(2)8-12)17-11-27-20(21-17)22-28(25,26)15-5-7-18-14(9-15)10-19(24)23(18)3/h4-9,11H,10H2,1-3H3,(H,21,22). The van der Waals surface area contributed by atoms with Crippen molar-refractivity contribution in [3.05, 3.63) is 58.5 Å². The van der Waals surface area contributed by atoms with Crippen LogP contribution in [0.1, 0.15) is 16.7 Å². The SMILES string of the molecule is Cc1ccc(-c2csc(NS(=O)(=O)c3ccc4c(c3)CC(=O)N4C)n2)c(C)c1. The summed E-state index contributed by atoms with van der Waals surface area (Å²) in [5, 5.41) is 2.15. The molecule has 1 N–H and O–H groups in total. The molecule has 28 heavy (non-hydrogen) atoms. The number of hydrogen-bond acceptors (Lipinski definition) is 5. The molecule has 1 aliphatic rings. The molecule has 4 rings (SSSR count). The number of aromatic nitrogens is 1. The van der Waals surface area contributed by atoms with Gasteiger partial charge in [0.2, 0.25) is 5.91 Å². The molecule has 0 atom stereocenters. The van der Waals surface area contributed by atoms with Gasteiger partial charge in [0.1, 0.15) is 0 Å². The van der Waals surface area contributed by atoms with E-state index in [1.807, 2.05) is 31.4 Å². The predicted octanol–water partition coefficient (Wildman–Crippen LogP) is 3.75. The summed E-state index contributed by atoms with van der Waals surface area (Å²) in [6.07, 6.45) is 0.212. The number of hydrogen-bond donors (Lipinski definition) is 1. The van der Waals surface area contributed by atoms with Gasteiger partial charge < -0.3 is 4.90 Å². The van der Waals surface area contributed by atoms with E-state index in [2.05, 4.69) is 15.8 Å². The van der Waals surface area contributed by atoms with Gasteiger partial charge in [0, 0.05) is 23.7 Å².